The number of ether oxygens (including phenoxy) is 1. The van der Waals surface area contributed by atoms with Crippen molar-refractivity contribution in [3.8, 4) is 0 Å². The minimum Gasteiger partial charge on any atom is -0.496 e. The Bertz CT molecular complexity index is 1080. The number of rotatable bonds is 7. The highest BCUT2D eigenvalue weighted by Gasteiger charge is 2.42. The minimum atomic E-state index is -0.324. The van der Waals surface area contributed by atoms with Gasteiger partial charge in [0.15, 0.2) is 0 Å². The second kappa shape index (κ2) is 10.1. The Morgan fingerprint density at radius 3 is 2.91 bits per heavy atom. The number of hydrogen-bond donors (Lipinski definition) is 1. The topological polar surface area (TPSA) is 92.1 Å². The summed E-state index contributed by atoms with van der Waals surface area (Å²) in [5, 5.41) is 2.91. The number of carbonyl (C=O) groups is 2. The summed E-state index contributed by atoms with van der Waals surface area (Å²) in [5.74, 6) is 0.497. The van der Waals surface area contributed by atoms with Crippen LogP contribution in [0.25, 0.3) is 0 Å². The summed E-state index contributed by atoms with van der Waals surface area (Å²) < 4.78 is 7.87. The van der Waals surface area contributed by atoms with Crippen LogP contribution >= 0.6 is 0 Å². The predicted molar refractivity (Wildman–Crippen MR) is 127 cm³/mol. The average molecular weight is 463 g/mol. The second-order valence-corrected chi connectivity index (χ2v) is 8.88. The van der Waals surface area contributed by atoms with Crippen molar-refractivity contribution < 1.29 is 14.3 Å². The van der Waals surface area contributed by atoms with Crippen LogP contribution in [-0.4, -0.2) is 68.9 Å². The summed E-state index contributed by atoms with van der Waals surface area (Å²) >= 11 is 0. The number of nitrogens with zero attached hydrogens (tertiary/aromatic N) is 5. The Morgan fingerprint density at radius 1 is 1.24 bits per heavy atom. The van der Waals surface area contributed by atoms with Gasteiger partial charge in [-0.3, -0.25) is 15.1 Å². The molecular weight excluding hydrogens is 432 g/mol. The fourth-order valence-electron chi connectivity index (χ4n) is 4.87. The van der Waals surface area contributed by atoms with E-state index >= 15 is 0 Å². The Balaban J connectivity index is 1.26. The zero-order chi connectivity index (χ0) is 23.3. The standard InChI is InChI=1S/C25H30N6O3/c32-22(30-13-9-19-6-1-2-7-20(19)17-30)16-27-24-23(21-8-3-4-15-34-21)31(25(33)28-24)12-5-11-29-14-10-26-18-29/h1-2,4,6-7,10,14-15,18,21,23H,3,5,8-9,11-13,16-17H2,(H,27,28,33). The van der Waals surface area contributed by atoms with Gasteiger partial charge in [-0.05, 0) is 42.9 Å². The van der Waals surface area contributed by atoms with Gasteiger partial charge in [-0.15, -0.1) is 0 Å². The normalized spacial score (nSPS) is 23.1. The van der Waals surface area contributed by atoms with Gasteiger partial charge >= 0.3 is 6.03 Å². The van der Waals surface area contributed by atoms with Gasteiger partial charge in [0.25, 0.3) is 0 Å². The first kappa shape index (κ1) is 22.2. The van der Waals surface area contributed by atoms with E-state index in [0.29, 0.717) is 25.5 Å². The van der Waals surface area contributed by atoms with E-state index in [2.05, 4.69) is 27.4 Å². The summed E-state index contributed by atoms with van der Waals surface area (Å²) in [5.41, 5.74) is 2.49. The molecule has 0 saturated carbocycles. The van der Waals surface area contributed by atoms with Crippen molar-refractivity contribution in [1.29, 1.82) is 0 Å². The van der Waals surface area contributed by atoms with Crippen molar-refractivity contribution >= 4 is 17.8 Å². The Morgan fingerprint density at radius 2 is 2.12 bits per heavy atom. The third-order valence-electron chi connectivity index (χ3n) is 6.67. The number of allylic oxidation sites excluding steroid dienone is 1. The van der Waals surface area contributed by atoms with E-state index in [-0.39, 0.29) is 30.6 Å². The lowest BCUT2D eigenvalue weighted by Gasteiger charge is -2.31. The molecular formula is C25H30N6O3. The molecule has 1 N–H and O–H groups in total. The molecule has 1 saturated heterocycles. The number of aryl methyl sites for hydroxylation is 1. The van der Waals surface area contributed by atoms with E-state index in [0.717, 1.165) is 32.2 Å². The molecule has 5 rings (SSSR count). The van der Waals surface area contributed by atoms with Crippen molar-refractivity contribution in [1.82, 2.24) is 24.7 Å². The number of carbonyl (C=O) groups excluding carboxylic acids is 2. The molecule has 4 heterocycles. The number of hydrogen-bond acceptors (Lipinski definition) is 5. The fraction of sp³-hybridized carbons (Fsp3) is 0.440. The van der Waals surface area contributed by atoms with Crippen LogP contribution in [0, 0.1) is 0 Å². The quantitative estimate of drug-likeness (QED) is 0.684. The SMILES string of the molecule is O=C(CN=C1NC(=O)N(CCCn2ccnc2)C1C1CCC=CO1)N1CCc2ccccc2C1. The van der Waals surface area contributed by atoms with Gasteiger partial charge in [0, 0.05) is 38.6 Å². The lowest BCUT2D eigenvalue weighted by atomic mass is 10.00. The number of imidazole rings is 1. The highest BCUT2D eigenvalue weighted by atomic mass is 16.5. The zero-order valence-corrected chi connectivity index (χ0v) is 19.2. The molecule has 2 atom stereocenters. The molecule has 178 valence electrons. The van der Waals surface area contributed by atoms with Gasteiger partial charge in [-0.1, -0.05) is 24.3 Å². The molecule has 34 heavy (non-hydrogen) atoms. The largest absolute Gasteiger partial charge is 0.496 e. The average Bonchev–Trinajstić information content (AvgIpc) is 3.50. The molecule has 9 nitrogen and oxygen atoms in total. The third kappa shape index (κ3) is 4.83. The molecule has 3 aliphatic rings. The molecule has 0 aliphatic carbocycles. The summed E-state index contributed by atoms with van der Waals surface area (Å²) in [6.07, 6.45) is 12.2. The van der Waals surface area contributed by atoms with Crippen LogP contribution in [0.15, 0.2) is 60.3 Å². The highest BCUT2D eigenvalue weighted by molar-refractivity contribution is 6.08. The monoisotopic (exact) mass is 462 g/mol. The first-order valence-corrected chi connectivity index (χ1v) is 11.9. The van der Waals surface area contributed by atoms with E-state index in [1.165, 1.54) is 11.1 Å². The molecule has 2 aromatic rings. The highest BCUT2D eigenvalue weighted by Crippen LogP contribution is 2.24. The number of amidine groups is 1. The van der Waals surface area contributed by atoms with Crippen molar-refractivity contribution in [3.63, 3.8) is 0 Å². The van der Waals surface area contributed by atoms with Crippen LogP contribution in [0.2, 0.25) is 0 Å². The smallest absolute Gasteiger partial charge is 0.323 e. The van der Waals surface area contributed by atoms with E-state index in [1.54, 1.807) is 23.7 Å². The molecule has 0 spiro atoms. The number of urea groups is 1. The molecule has 1 aromatic carbocycles. The van der Waals surface area contributed by atoms with Crippen LogP contribution in [-0.2, 0) is 29.0 Å². The molecule has 3 amide bonds. The lowest BCUT2D eigenvalue weighted by Crippen LogP contribution is -2.46. The summed E-state index contributed by atoms with van der Waals surface area (Å²) in [6, 6.07) is 7.72. The van der Waals surface area contributed by atoms with Gasteiger partial charge in [0.2, 0.25) is 5.91 Å². The second-order valence-electron chi connectivity index (χ2n) is 8.88. The number of benzene rings is 1. The van der Waals surface area contributed by atoms with E-state index < -0.39 is 0 Å². The van der Waals surface area contributed by atoms with E-state index in [4.69, 9.17) is 4.74 Å². The van der Waals surface area contributed by atoms with E-state index in [9.17, 15) is 9.59 Å². The lowest BCUT2D eigenvalue weighted by molar-refractivity contribution is -0.130. The molecule has 9 heteroatoms. The maximum Gasteiger partial charge on any atom is 0.323 e. The van der Waals surface area contributed by atoms with Crippen molar-refractivity contribution in [2.24, 2.45) is 4.99 Å². The Labute approximate surface area is 199 Å². The van der Waals surface area contributed by atoms with Crippen LogP contribution in [0.1, 0.15) is 30.4 Å². The Hall–Kier alpha value is -3.62. The third-order valence-corrected chi connectivity index (χ3v) is 6.67. The summed E-state index contributed by atoms with van der Waals surface area (Å²) in [7, 11) is 0. The van der Waals surface area contributed by atoms with Gasteiger partial charge < -0.3 is 19.1 Å². The fourth-order valence-corrected chi connectivity index (χ4v) is 4.87. The molecule has 1 aromatic heterocycles. The Kier molecular flexibility index (Phi) is 6.60. The molecule has 0 radical (unpaired) electrons. The first-order valence-electron chi connectivity index (χ1n) is 11.9. The number of aromatic nitrogens is 2. The summed E-state index contributed by atoms with van der Waals surface area (Å²) in [6.45, 7) is 2.64. The van der Waals surface area contributed by atoms with Gasteiger partial charge in [0.05, 0.1) is 12.6 Å². The van der Waals surface area contributed by atoms with Gasteiger partial charge in [0.1, 0.15) is 24.5 Å². The van der Waals surface area contributed by atoms with Gasteiger partial charge in [-0.2, -0.15) is 0 Å². The number of fused-ring (bicyclic) bond motifs is 1. The number of nitrogens with one attached hydrogen (secondary N) is 1. The van der Waals surface area contributed by atoms with Crippen LogP contribution in [0.4, 0.5) is 4.79 Å². The summed E-state index contributed by atoms with van der Waals surface area (Å²) in [4.78, 5) is 38.1. The van der Waals surface area contributed by atoms with Crippen molar-refractivity contribution in [2.75, 3.05) is 19.6 Å². The molecule has 2 unspecified atom stereocenters. The number of amides is 3. The van der Waals surface area contributed by atoms with Crippen molar-refractivity contribution in [2.45, 2.75) is 50.9 Å². The number of aliphatic imine (C=N–C) groups is 1. The maximum atomic E-state index is 13.0. The van der Waals surface area contributed by atoms with Gasteiger partial charge in [-0.25, -0.2) is 9.78 Å². The van der Waals surface area contributed by atoms with Crippen LogP contribution in [0.5, 0.6) is 0 Å². The molecule has 3 aliphatic heterocycles. The first-order chi connectivity index (χ1) is 16.7. The van der Waals surface area contributed by atoms with Crippen LogP contribution < -0.4 is 5.32 Å². The predicted octanol–water partition coefficient (Wildman–Crippen LogP) is 2.34. The zero-order valence-electron chi connectivity index (χ0n) is 19.2. The van der Waals surface area contributed by atoms with Crippen molar-refractivity contribution in [3.05, 3.63) is 66.5 Å². The molecule has 0 bridgehead atoms. The minimum absolute atomic E-state index is 0.0136. The van der Waals surface area contributed by atoms with Crippen LogP contribution in [0.3, 0.4) is 0 Å². The maximum absolute atomic E-state index is 13.0. The molecule has 1 fully saturated rings. The van der Waals surface area contributed by atoms with E-state index in [1.807, 2.05) is 33.9 Å².